The molecule has 2 aromatic heterocycles. The number of nitrogens with one attached hydrogen (secondary N) is 2. The topological polar surface area (TPSA) is 62.0 Å². The second-order valence-electron chi connectivity index (χ2n) is 5.77. The van der Waals surface area contributed by atoms with Crippen LogP contribution in [-0.2, 0) is 24.1 Å². The summed E-state index contributed by atoms with van der Waals surface area (Å²) >= 11 is 1.73. The zero-order valence-corrected chi connectivity index (χ0v) is 13.5. The Morgan fingerprint density at radius 3 is 2.86 bits per heavy atom. The Hall–Kier alpha value is -1.88. The largest absolute Gasteiger partial charge is 0.329 e. The minimum atomic E-state index is -0.118. The molecule has 0 atom stereocenters. The van der Waals surface area contributed by atoms with Gasteiger partial charge in [0.25, 0.3) is 0 Å². The molecule has 3 rings (SSSR count). The van der Waals surface area contributed by atoms with E-state index >= 15 is 0 Å². The van der Waals surface area contributed by atoms with Gasteiger partial charge in [-0.2, -0.15) is 0 Å². The molecule has 4 nitrogen and oxygen atoms in total. The van der Waals surface area contributed by atoms with Crippen molar-refractivity contribution in [2.45, 2.75) is 45.4 Å². The number of carbonyl (C=O) groups is 1. The molecule has 0 spiro atoms. The van der Waals surface area contributed by atoms with Gasteiger partial charge in [-0.25, -0.2) is 0 Å². The van der Waals surface area contributed by atoms with Gasteiger partial charge in [0, 0.05) is 23.6 Å². The van der Waals surface area contributed by atoms with Gasteiger partial charge in [0.2, 0.25) is 11.5 Å². The number of fused-ring (bicyclic) bond motifs is 1. The first kappa shape index (κ1) is 15.0. The van der Waals surface area contributed by atoms with E-state index in [1.165, 1.54) is 34.9 Å². The normalized spacial score (nSPS) is 13.7. The maximum Gasteiger partial charge on any atom is 0.247 e. The maximum absolute atomic E-state index is 12.1. The van der Waals surface area contributed by atoms with Crippen LogP contribution in [0.15, 0.2) is 23.1 Å². The number of anilines is 1. The molecular weight excluding hydrogens is 296 g/mol. The Morgan fingerprint density at radius 1 is 1.32 bits per heavy atom. The number of H-pyrrole nitrogens is 1. The number of amides is 1. The summed E-state index contributed by atoms with van der Waals surface area (Å²) in [5.41, 5.74) is 3.55. The molecule has 2 heterocycles. The highest BCUT2D eigenvalue weighted by molar-refractivity contribution is 7.16. The number of thiophene rings is 1. The van der Waals surface area contributed by atoms with Crippen LogP contribution in [0.4, 0.5) is 5.00 Å². The zero-order valence-electron chi connectivity index (χ0n) is 12.7. The van der Waals surface area contributed by atoms with Crippen molar-refractivity contribution in [2.24, 2.45) is 0 Å². The molecule has 0 fully saturated rings. The van der Waals surface area contributed by atoms with Crippen LogP contribution < -0.4 is 10.9 Å². The standard InChI is InChI=1S/C17H20N2O2S/c1-11-13-4-2-3-5-14(13)22-17(11)19-16(21)9-7-12-6-8-15(20)18-10-12/h6,8,10H,2-5,7,9H2,1H3,(H,18,20)(H,19,21). The van der Waals surface area contributed by atoms with Gasteiger partial charge >= 0.3 is 0 Å². The fourth-order valence-corrected chi connectivity index (χ4v) is 4.20. The highest BCUT2D eigenvalue weighted by atomic mass is 32.1. The number of pyridine rings is 1. The summed E-state index contributed by atoms with van der Waals surface area (Å²) in [5.74, 6) is 0.0351. The molecule has 0 unspecified atom stereocenters. The van der Waals surface area contributed by atoms with Crippen molar-refractivity contribution in [3.63, 3.8) is 0 Å². The second-order valence-corrected chi connectivity index (χ2v) is 6.88. The average Bonchev–Trinajstić information content (AvgIpc) is 2.83. The van der Waals surface area contributed by atoms with Crippen molar-refractivity contribution >= 4 is 22.2 Å². The SMILES string of the molecule is Cc1c(NC(=O)CCc2ccc(=O)[nH]c2)sc2c1CCCC2. The van der Waals surface area contributed by atoms with Crippen LogP contribution in [-0.4, -0.2) is 10.9 Å². The molecule has 0 aromatic carbocycles. The summed E-state index contributed by atoms with van der Waals surface area (Å²) in [6, 6.07) is 3.26. The Morgan fingerprint density at radius 2 is 2.14 bits per heavy atom. The molecule has 1 aliphatic rings. The highest BCUT2D eigenvalue weighted by Crippen LogP contribution is 2.37. The molecule has 2 aromatic rings. The molecule has 0 radical (unpaired) electrons. The fourth-order valence-electron chi connectivity index (χ4n) is 2.89. The smallest absolute Gasteiger partial charge is 0.247 e. The Bertz CT molecular complexity index is 725. The third kappa shape index (κ3) is 3.30. The summed E-state index contributed by atoms with van der Waals surface area (Å²) in [4.78, 5) is 27.2. The number of aromatic amines is 1. The fraction of sp³-hybridized carbons (Fsp3) is 0.412. The summed E-state index contributed by atoms with van der Waals surface area (Å²) in [6.07, 6.45) is 7.53. The molecule has 22 heavy (non-hydrogen) atoms. The van der Waals surface area contributed by atoms with E-state index in [0.717, 1.165) is 23.4 Å². The first-order valence-corrected chi connectivity index (χ1v) is 8.54. The highest BCUT2D eigenvalue weighted by Gasteiger charge is 2.18. The Labute approximate surface area is 133 Å². The predicted octanol–water partition coefficient (Wildman–Crippen LogP) is 3.19. The number of aryl methyl sites for hydroxylation is 2. The second kappa shape index (κ2) is 6.48. The first-order valence-electron chi connectivity index (χ1n) is 7.72. The Balaban J connectivity index is 1.61. The lowest BCUT2D eigenvalue weighted by Gasteiger charge is -2.10. The van der Waals surface area contributed by atoms with Crippen LogP contribution in [0.5, 0.6) is 0 Å². The lowest BCUT2D eigenvalue weighted by molar-refractivity contribution is -0.116. The van der Waals surface area contributed by atoms with Gasteiger partial charge in [0.05, 0.1) is 5.00 Å². The maximum atomic E-state index is 12.1. The summed E-state index contributed by atoms with van der Waals surface area (Å²) in [5, 5.41) is 4.07. The summed E-state index contributed by atoms with van der Waals surface area (Å²) in [6.45, 7) is 2.11. The zero-order chi connectivity index (χ0) is 15.5. The molecule has 0 aliphatic heterocycles. The van der Waals surface area contributed by atoms with Gasteiger partial charge < -0.3 is 10.3 Å². The van der Waals surface area contributed by atoms with E-state index in [4.69, 9.17) is 0 Å². The van der Waals surface area contributed by atoms with Gasteiger partial charge in [0.1, 0.15) is 0 Å². The molecule has 1 aliphatic carbocycles. The van der Waals surface area contributed by atoms with Gasteiger partial charge in [0.15, 0.2) is 0 Å². The molecule has 1 amide bonds. The van der Waals surface area contributed by atoms with Crippen molar-refractivity contribution in [3.05, 3.63) is 50.3 Å². The van der Waals surface area contributed by atoms with E-state index in [0.29, 0.717) is 12.8 Å². The van der Waals surface area contributed by atoms with Crippen LogP contribution in [0.3, 0.4) is 0 Å². The predicted molar refractivity (Wildman–Crippen MR) is 89.7 cm³/mol. The van der Waals surface area contributed by atoms with Gasteiger partial charge in [-0.3, -0.25) is 9.59 Å². The van der Waals surface area contributed by atoms with Crippen LogP contribution in [0, 0.1) is 6.92 Å². The van der Waals surface area contributed by atoms with E-state index in [1.54, 1.807) is 23.6 Å². The minimum Gasteiger partial charge on any atom is -0.329 e. The van der Waals surface area contributed by atoms with E-state index in [9.17, 15) is 9.59 Å². The van der Waals surface area contributed by atoms with Crippen molar-refractivity contribution < 1.29 is 4.79 Å². The molecular formula is C17H20N2O2S. The molecule has 2 N–H and O–H groups in total. The molecule has 0 saturated heterocycles. The quantitative estimate of drug-likeness (QED) is 0.910. The average molecular weight is 316 g/mol. The van der Waals surface area contributed by atoms with Crippen molar-refractivity contribution in [2.75, 3.05) is 5.32 Å². The number of carbonyl (C=O) groups excluding carboxylic acids is 1. The lowest BCUT2D eigenvalue weighted by atomic mass is 9.96. The van der Waals surface area contributed by atoms with Gasteiger partial charge in [-0.1, -0.05) is 6.07 Å². The van der Waals surface area contributed by atoms with Gasteiger partial charge in [-0.15, -0.1) is 11.3 Å². The number of hydrogen-bond acceptors (Lipinski definition) is 3. The van der Waals surface area contributed by atoms with Crippen molar-refractivity contribution in [3.8, 4) is 0 Å². The monoisotopic (exact) mass is 316 g/mol. The van der Waals surface area contributed by atoms with E-state index in [2.05, 4.69) is 17.2 Å². The molecule has 0 bridgehead atoms. The van der Waals surface area contributed by atoms with E-state index < -0.39 is 0 Å². The third-order valence-electron chi connectivity index (χ3n) is 4.18. The van der Waals surface area contributed by atoms with Crippen LogP contribution >= 0.6 is 11.3 Å². The van der Waals surface area contributed by atoms with E-state index in [1.807, 2.05) is 0 Å². The van der Waals surface area contributed by atoms with Crippen LogP contribution in [0.25, 0.3) is 0 Å². The van der Waals surface area contributed by atoms with Gasteiger partial charge in [-0.05, 0) is 55.7 Å². The van der Waals surface area contributed by atoms with Crippen LogP contribution in [0.1, 0.15) is 40.8 Å². The van der Waals surface area contributed by atoms with Crippen molar-refractivity contribution in [1.29, 1.82) is 0 Å². The summed E-state index contributed by atoms with van der Waals surface area (Å²) in [7, 11) is 0. The molecule has 116 valence electrons. The van der Waals surface area contributed by atoms with Crippen LogP contribution in [0.2, 0.25) is 0 Å². The Kier molecular flexibility index (Phi) is 4.43. The number of rotatable bonds is 4. The van der Waals surface area contributed by atoms with Crippen molar-refractivity contribution in [1.82, 2.24) is 4.98 Å². The van der Waals surface area contributed by atoms with E-state index in [-0.39, 0.29) is 11.5 Å². The number of aromatic nitrogens is 1. The molecule has 0 saturated carbocycles. The lowest BCUT2D eigenvalue weighted by Crippen LogP contribution is -2.12. The molecule has 5 heteroatoms. The number of hydrogen-bond donors (Lipinski definition) is 2. The summed E-state index contributed by atoms with van der Waals surface area (Å²) < 4.78 is 0. The third-order valence-corrected chi connectivity index (χ3v) is 5.49. The first-order chi connectivity index (χ1) is 10.6. The minimum absolute atomic E-state index is 0.0351.